The van der Waals surface area contributed by atoms with Crippen molar-refractivity contribution in [3.8, 4) is 0 Å². The average molecular weight is 573 g/mol. The Bertz CT molecular complexity index is 925. The van der Waals surface area contributed by atoms with E-state index in [4.69, 9.17) is 14.2 Å². The molecule has 7 nitrogen and oxygen atoms in total. The van der Waals surface area contributed by atoms with E-state index in [1.807, 2.05) is 74.4 Å². The first kappa shape index (κ1) is 34.0. The molecule has 0 radical (unpaired) electrons. The lowest BCUT2D eigenvalue weighted by Gasteiger charge is -2.56. The third-order valence-electron chi connectivity index (χ3n) is 10.3. The number of likely N-dealkylation sites (N-methyl/N-ethyl adjacent to an activating group) is 1. The number of rotatable bonds is 14. The fraction of sp³-hybridized carbons (Fsp3) is 0.906. The first-order valence-corrected chi connectivity index (χ1v) is 16.1. The molecule has 0 N–H and O–H groups in total. The molecule has 2 atom stereocenters. The minimum atomic E-state index is -0.830. The predicted molar refractivity (Wildman–Crippen MR) is 167 cm³/mol. The van der Waals surface area contributed by atoms with Gasteiger partial charge in [-0.1, -0.05) is 47.3 Å². The summed E-state index contributed by atoms with van der Waals surface area (Å²) in [5.41, 5.74) is -1.67. The molecule has 0 aromatic carbocycles. The van der Waals surface area contributed by atoms with Crippen LogP contribution in [-0.4, -0.2) is 75.8 Å². The van der Waals surface area contributed by atoms with Gasteiger partial charge in [0.2, 0.25) is 0 Å². The van der Waals surface area contributed by atoms with E-state index in [9.17, 15) is 14.4 Å². The number of hydrogen-bond donors (Lipinski definition) is 0. The van der Waals surface area contributed by atoms with Gasteiger partial charge in [-0.3, -0.25) is 14.4 Å². The molecule has 4 bridgehead atoms. The highest BCUT2D eigenvalue weighted by Crippen LogP contribution is 2.58. The van der Waals surface area contributed by atoms with Crippen molar-refractivity contribution < 1.29 is 28.6 Å². The summed E-state index contributed by atoms with van der Waals surface area (Å²) in [6, 6.07) is 0. The zero-order valence-electron chi connectivity index (χ0n) is 27.8. The van der Waals surface area contributed by atoms with E-state index in [0.29, 0.717) is 64.5 Å². The largest absolute Gasteiger partial charge is 0.464 e. The minimum Gasteiger partial charge on any atom is -0.464 e. The molecule has 0 aliphatic heterocycles. The minimum absolute atomic E-state index is 0.168. The van der Waals surface area contributed by atoms with Gasteiger partial charge in [-0.15, -0.1) is 0 Å². The summed E-state index contributed by atoms with van der Waals surface area (Å²) in [4.78, 5) is 42.5. The molecule has 4 fully saturated rings. The summed E-state index contributed by atoms with van der Waals surface area (Å²) in [5, 5.41) is -1.53. The number of ether oxygens (including phenoxy) is 3. The van der Waals surface area contributed by atoms with Gasteiger partial charge in [0.1, 0.15) is 32.4 Å². The van der Waals surface area contributed by atoms with E-state index < -0.39 is 21.6 Å². The molecule has 0 amide bonds. The van der Waals surface area contributed by atoms with Crippen molar-refractivity contribution in [2.24, 2.45) is 23.2 Å². The molecular formula is C32H57B2NO6. The van der Waals surface area contributed by atoms with Gasteiger partial charge in [-0.05, 0) is 97.6 Å². The van der Waals surface area contributed by atoms with Gasteiger partial charge < -0.3 is 19.1 Å². The highest BCUT2D eigenvalue weighted by molar-refractivity contribution is 6.54. The quantitative estimate of drug-likeness (QED) is 0.155. The number of carbonyl (C=O) groups is 3. The lowest BCUT2D eigenvalue weighted by atomic mass is 9.37. The first-order chi connectivity index (χ1) is 18.8. The fourth-order valence-electron chi connectivity index (χ4n) is 7.38. The van der Waals surface area contributed by atoms with Crippen LogP contribution in [0, 0.1) is 23.2 Å². The van der Waals surface area contributed by atoms with Crippen LogP contribution >= 0.6 is 0 Å². The van der Waals surface area contributed by atoms with Gasteiger partial charge in [0.25, 0.3) is 0 Å². The van der Waals surface area contributed by atoms with Crippen molar-refractivity contribution in [2.45, 2.75) is 135 Å². The van der Waals surface area contributed by atoms with Crippen LogP contribution in [0.2, 0.25) is 23.3 Å². The Morgan fingerprint density at radius 2 is 1.29 bits per heavy atom. The number of carbonyl (C=O) groups excluding carboxylic acids is 3. The lowest BCUT2D eigenvalue weighted by molar-refractivity contribution is -0.189. The molecule has 0 aromatic rings. The molecule has 41 heavy (non-hydrogen) atoms. The van der Waals surface area contributed by atoms with Crippen molar-refractivity contribution in [3.63, 3.8) is 0 Å². The summed E-state index contributed by atoms with van der Waals surface area (Å²) < 4.78 is 18.0. The number of esters is 3. The molecule has 0 aromatic heterocycles. The van der Waals surface area contributed by atoms with E-state index in [-0.39, 0.29) is 23.5 Å². The van der Waals surface area contributed by atoms with Crippen molar-refractivity contribution in [1.82, 2.24) is 4.90 Å². The average Bonchev–Trinajstić information content (AvgIpc) is 2.83. The van der Waals surface area contributed by atoms with Gasteiger partial charge in [-0.25, -0.2) is 0 Å². The molecule has 0 saturated heterocycles. The Hall–Kier alpha value is -1.50. The first-order valence-electron chi connectivity index (χ1n) is 16.1. The summed E-state index contributed by atoms with van der Waals surface area (Å²) >= 11 is 0. The smallest absolute Gasteiger partial charge is 0.311 e. The molecule has 4 saturated carbocycles. The molecule has 4 aliphatic carbocycles. The SMILES string of the molecule is CCC(C)(BCC(C)(BCC(C)(C)C(=O)OC(C)(C)C)C(=O)OC12CC3CC(CC(C3)C1)C2)C(=O)OCCN(C)C. The van der Waals surface area contributed by atoms with Crippen LogP contribution in [-0.2, 0) is 28.6 Å². The van der Waals surface area contributed by atoms with Crippen LogP contribution in [0.1, 0.15) is 100 Å². The maximum absolute atomic E-state index is 14.2. The molecule has 4 rings (SSSR count). The van der Waals surface area contributed by atoms with Crippen molar-refractivity contribution >= 4 is 32.5 Å². The molecule has 0 heterocycles. The van der Waals surface area contributed by atoms with Gasteiger partial charge in [0, 0.05) is 17.2 Å². The molecule has 9 heteroatoms. The summed E-state index contributed by atoms with van der Waals surface area (Å²) in [6.07, 6.45) is 8.39. The maximum atomic E-state index is 14.2. The van der Waals surface area contributed by atoms with Crippen molar-refractivity contribution in [3.05, 3.63) is 0 Å². The van der Waals surface area contributed by atoms with Crippen LogP contribution in [0.15, 0.2) is 0 Å². The van der Waals surface area contributed by atoms with Crippen LogP contribution in [0.5, 0.6) is 0 Å². The second-order valence-electron chi connectivity index (χ2n) is 16.3. The molecule has 2 unspecified atom stereocenters. The third-order valence-corrected chi connectivity index (χ3v) is 10.3. The zero-order valence-corrected chi connectivity index (χ0v) is 27.8. The Labute approximate surface area is 251 Å². The van der Waals surface area contributed by atoms with Gasteiger partial charge in [0.05, 0.1) is 5.41 Å². The third kappa shape index (κ3) is 8.76. The van der Waals surface area contributed by atoms with E-state index in [2.05, 4.69) is 0 Å². The molecular weight excluding hydrogens is 516 g/mol. The topological polar surface area (TPSA) is 82.1 Å². The fourth-order valence-corrected chi connectivity index (χ4v) is 7.38. The van der Waals surface area contributed by atoms with Crippen molar-refractivity contribution in [1.29, 1.82) is 0 Å². The van der Waals surface area contributed by atoms with E-state index in [0.717, 1.165) is 19.3 Å². The standard InChI is InChI=1S/C32H57B2NO6/c1-11-30(7,26(37)39-13-12-35(9)10)34-21-31(8,33-20-29(5,6)25(36)40-28(2,3)4)27(38)41-32-17-22-14-23(18-32)16-24(15-22)19-32/h22-24,33-34H,11-21H2,1-10H3. The van der Waals surface area contributed by atoms with Gasteiger partial charge >= 0.3 is 17.9 Å². The van der Waals surface area contributed by atoms with Crippen LogP contribution in [0.25, 0.3) is 0 Å². The van der Waals surface area contributed by atoms with Crippen LogP contribution in [0.4, 0.5) is 0 Å². The maximum Gasteiger partial charge on any atom is 0.311 e. The summed E-state index contributed by atoms with van der Waals surface area (Å²) in [7, 11) is 4.91. The second kappa shape index (κ2) is 12.6. The van der Waals surface area contributed by atoms with Crippen LogP contribution < -0.4 is 0 Å². The Balaban J connectivity index is 1.77. The Morgan fingerprint density at radius 3 is 1.76 bits per heavy atom. The highest BCUT2D eigenvalue weighted by Gasteiger charge is 2.55. The molecule has 0 spiro atoms. The van der Waals surface area contributed by atoms with E-state index in [1.54, 1.807) is 0 Å². The zero-order chi connectivity index (χ0) is 30.9. The van der Waals surface area contributed by atoms with E-state index in [1.165, 1.54) is 19.3 Å². The Kier molecular flexibility index (Phi) is 10.5. The molecule has 232 valence electrons. The van der Waals surface area contributed by atoms with Gasteiger partial charge in [-0.2, -0.15) is 0 Å². The van der Waals surface area contributed by atoms with Gasteiger partial charge in [0.15, 0.2) is 0 Å². The monoisotopic (exact) mass is 573 g/mol. The normalized spacial score (nSPS) is 28.4. The Morgan fingerprint density at radius 1 is 0.780 bits per heavy atom. The predicted octanol–water partition coefficient (Wildman–Crippen LogP) is 5.45. The number of hydrogen-bond acceptors (Lipinski definition) is 7. The molecule has 4 aliphatic rings. The summed E-state index contributed by atoms with van der Waals surface area (Å²) in [5.74, 6) is 1.38. The highest BCUT2D eigenvalue weighted by atomic mass is 16.6. The summed E-state index contributed by atoms with van der Waals surface area (Å²) in [6.45, 7) is 16.3. The van der Waals surface area contributed by atoms with Crippen molar-refractivity contribution in [2.75, 3.05) is 27.2 Å². The second-order valence-corrected chi connectivity index (χ2v) is 16.3. The number of nitrogens with zero attached hydrogens (tertiary/aromatic N) is 1. The van der Waals surface area contributed by atoms with E-state index >= 15 is 0 Å². The lowest BCUT2D eigenvalue weighted by Crippen LogP contribution is -2.54. The van der Waals surface area contributed by atoms with Crippen LogP contribution in [0.3, 0.4) is 0 Å².